The number of nitrogens with zero attached hydrogens (tertiary/aromatic N) is 1. The first-order chi connectivity index (χ1) is 9.74. The average Bonchev–Trinajstić information content (AvgIpc) is 2.49. The van der Waals surface area contributed by atoms with Crippen LogP contribution in [0.3, 0.4) is 0 Å². The number of benzene rings is 2. The van der Waals surface area contributed by atoms with Crippen LogP contribution >= 0.6 is 15.9 Å². The molecule has 3 heteroatoms. The summed E-state index contributed by atoms with van der Waals surface area (Å²) in [5, 5.41) is 0. The van der Waals surface area contributed by atoms with Crippen molar-refractivity contribution in [1.29, 1.82) is 0 Å². The Kier molecular flexibility index (Phi) is 3.97. The van der Waals surface area contributed by atoms with Gasteiger partial charge in [-0.15, -0.1) is 0 Å². The summed E-state index contributed by atoms with van der Waals surface area (Å²) in [4.78, 5) is 2.48. The quantitative estimate of drug-likeness (QED) is 0.826. The normalized spacial score (nSPS) is 19.1. The molecule has 2 aromatic rings. The van der Waals surface area contributed by atoms with E-state index in [4.69, 9.17) is 5.73 Å². The SMILES string of the molecule is Nc1ccc(C2CCCN(c3ccccc3Br)C2)cc1. The number of halogens is 1. The molecule has 1 aliphatic rings. The molecule has 1 unspecified atom stereocenters. The third kappa shape index (κ3) is 2.83. The first kappa shape index (κ1) is 13.5. The van der Waals surface area contributed by atoms with Gasteiger partial charge in [-0.2, -0.15) is 0 Å². The fourth-order valence-corrected chi connectivity index (χ4v) is 3.48. The van der Waals surface area contributed by atoms with Crippen LogP contribution in [0.25, 0.3) is 0 Å². The second kappa shape index (κ2) is 5.88. The topological polar surface area (TPSA) is 29.3 Å². The Labute approximate surface area is 128 Å². The third-order valence-electron chi connectivity index (χ3n) is 4.02. The van der Waals surface area contributed by atoms with Crippen LogP contribution in [-0.2, 0) is 0 Å². The highest BCUT2D eigenvalue weighted by Crippen LogP contribution is 2.33. The zero-order chi connectivity index (χ0) is 13.9. The third-order valence-corrected chi connectivity index (χ3v) is 4.69. The minimum atomic E-state index is 0.594. The number of rotatable bonds is 2. The van der Waals surface area contributed by atoms with Gasteiger partial charge >= 0.3 is 0 Å². The number of nitrogens with two attached hydrogens (primary N) is 1. The summed E-state index contributed by atoms with van der Waals surface area (Å²) in [6.45, 7) is 2.21. The summed E-state index contributed by atoms with van der Waals surface area (Å²) in [6, 6.07) is 16.8. The lowest BCUT2D eigenvalue weighted by Crippen LogP contribution is -2.34. The highest BCUT2D eigenvalue weighted by molar-refractivity contribution is 9.10. The first-order valence-corrected chi connectivity index (χ1v) is 7.88. The molecule has 1 aliphatic heterocycles. The summed E-state index contributed by atoms with van der Waals surface area (Å²) < 4.78 is 1.18. The van der Waals surface area contributed by atoms with Gasteiger partial charge in [0.2, 0.25) is 0 Å². The lowest BCUT2D eigenvalue weighted by molar-refractivity contribution is 0.510. The fraction of sp³-hybridized carbons (Fsp3) is 0.294. The molecule has 3 rings (SSSR count). The van der Waals surface area contributed by atoms with Gasteiger partial charge in [0.15, 0.2) is 0 Å². The highest BCUT2D eigenvalue weighted by Gasteiger charge is 2.22. The van der Waals surface area contributed by atoms with Gasteiger partial charge in [0, 0.05) is 29.2 Å². The van der Waals surface area contributed by atoms with Crippen LogP contribution in [0.1, 0.15) is 24.3 Å². The summed E-state index contributed by atoms with van der Waals surface area (Å²) >= 11 is 3.66. The Hall–Kier alpha value is -1.48. The number of nitrogen functional groups attached to an aromatic ring is 1. The van der Waals surface area contributed by atoms with E-state index in [0.717, 1.165) is 18.8 Å². The first-order valence-electron chi connectivity index (χ1n) is 7.09. The van der Waals surface area contributed by atoms with Gasteiger partial charge in [0.25, 0.3) is 0 Å². The van der Waals surface area contributed by atoms with Crippen molar-refractivity contribution < 1.29 is 0 Å². The van der Waals surface area contributed by atoms with Crippen LogP contribution in [0.4, 0.5) is 11.4 Å². The maximum Gasteiger partial charge on any atom is 0.0510 e. The summed E-state index contributed by atoms with van der Waals surface area (Å²) in [5.74, 6) is 0.594. The van der Waals surface area contributed by atoms with Crippen molar-refractivity contribution >= 4 is 27.3 Å². The van der Waals surface area contributed by atoms with Gasteiger partial charge in [-0.1, -0.05) is 24.3 Å². The van der Waals surface area contributed by atoms with E-state index in [1.54, 1.807) is 0 Å². The zero-order valence-corrected chi connectivity index (χ0v) is 13.0. The Morgan fingerprint density at radius 1 is 1.05 bits per heavy atom. The van der Waals surface area contributed by atoms with Gasteiger partial charge in [-0.25, -0.2) is 0 Å². The molecule has 1 saturated heterocycles. The van der Waals surface area contributed by atoms with Crippen molar-refractivity contribution in [2.24, 2.45) is 0 Å². The molecule has 0 aromatic heterocycles. The van der Waals surface area contributed by atoms with Crippen molar-refractivity contribution in [3.63, 3.8) is 0 Å². The maximum absolute atomic E-state index is 5.78. The van der Waals surface area contributed by atoms with Crippen LogP contribution in [0, 0.1) is 0 Å². The van der Waals surface area contributed by atoms with E-state index in [2.05, 4.69) is 57.2 Å². The fourth-order valence-electron chi connectivity index (χ4n) is 2.94. The summed E-state index contributed by atoms with van der Waals surface area (Å²) in [7, 11) is 0. The van der Waals surface area contributed by atoms with E-state index in [9.17, 15) is 0 Å². The number of anilines is 2. The Morgan fingerprint density at radius 3 is 2.55 bits per heavy atom. The number of para-hydroxylation sites is 1. The highest BCUT2D eigenvalue weighted by atomic mass is 79.9. The molecule has 1 heterocycles. The largest absolute Gasteiger partial charge is 0.399 e. The van der Waals surface area contributed by atoms with Gasteiger partial charge in [-0.3, -0.25) is 0 Å². The van der Waals surface area contributed by atoms with Crippen LogP contribution in [0.2, 0.25) is 0 Å². The minimum Gasteiger partial charge on any atom is -0.399 e. The van der Waals surface area contributed by atoms with Crippen molar-refractivity contribution in [2.45, 2.75) is 18.8 Å². The molecule has 20 heavy (non-hydrogen) atoms. The second-order valence-corrected chi connectivity index (χ2v) is 6.26. The van der Waals surface area contributed by atoms with Crippen molar-refractivity contribution in [3.8, 4) is 0 Å². The Balaban J connectivity index is 1.80. The van der Waals surface area contributed by atoms with Crippen LogP contribution < -0.4 is 10.6 Å². The molecule has 2 aromatic carbocycles. The molecular weight excluding hydrogens is 312 g/mol. The van der Waals surface area contributed by atoms with Crippen molar-refractivity contribution in [1.82, 2.24) is 0 Å². The van der Waals surface area contributed by atoms with Gasteiger partial charge < -0.3 is 10.6 Å². The van der Waals surface area contributed by atoms with E-state index in [0.29, 0.717) is 5.92 Å². The van der Waals surface area contributed by atoms with E-state index in [1.165, 1.54) is 28.6 Å². The van der Waals surface area contributed by atoms with Gasteiger partial charge in [-0.05, 0) is 58.6 Å². The predicted octanol–water partition coefficient (Wildman–Crippen LogP) is 4.42. The number of hydrogen-bond acceptors (Lipinski definition) is 2. The lowest BCUT2D eigenvalue weighted by atomic mass is 9.90. The van der Waals surface area contributed by atoms with E-state index in [1.807, 2.05) is 12.1 Å². The van der Waals surface area contributed by atoms with Crippen LogP contribution in [0.5, 0.6) is 0 Å². The molecule has 1 fully saturated rings. The van der Waals surface area contributed by atoms with Gasteiger partial charge in [0.1, 0.15) is 0 Å². The second-order valence-electron chi connectivity index (χ2n) is 5.40. The Bertz CT molecular complexity index is 580. The molecule has 0 spiro atoms. The van der Waals surface area contributed by atoms with Crippen LogP contribution in [-0.4, -0.2) is 13.1 Å². The molecular formula is C17H19BrN2. The molecule has 2 N–H and O–H groups in total. The van der Waals surface area contributed by atoms with Gasteiger partial charge in [0.05, 0.1) is 5.69 Å². The summed E-state index contributed by atoms with van der Waals surface area (Å²) in [6.07, 6.45) is 2.49. The average molecular weight is 331 g/mol. The molecule has 0 radical (unpaired) electrons. The molecule has 0 aliphatic carbocycles. The van der Waals surface area contributed by atoms with E-state index < -0.39 is 0 Å². The molecule has 0 amide bonds. The molecule has 0 saturated carbocycles. The Morgan fingerprint density at radius 2 is 1.80 bits per heavy atom. The monoisotopic (exact) mass is 330 g/mol. The van der Waals surface area contributed by atoms with Crippen molar-refractivity contribution in [3.05, 3.63) is 58.6 Å². The smallest absolute Gasteiger partial charge is 0.0510 e. The minimum absolute atomic E-state index is 0.594. The molecule has 104 valence electrons. The zero-order valence-electron chi connectivity index (χ0n) is 11.4. The molecule has 2 nitrogen and oxygen atoms in total. The van der Waals surface area contributed by atoms with Crippen molar-refractivity contribution in [2.75, 3.05) is 23.7 Å². The standard InChI is InChI=1S/C17H19BrN2/c18-16-5-1-2-6-17(16)20-11-3-4-14(12-20)13-7-9-15(19)10-8-13/h1-2,5-10,14H,3-4,11-12,19H2. The van der Waals surface area contributed by atoms with E-state index in [-0.39, 0.29) is 0 Å². The van der Waals surface area contributed by atoms with E-state index >= 15 is 0 Å². The number of hydrogen-bond donors (Lipinski definition) is 1. The number of piperidine rings is 1. The summed E-state index contributed by atoms with van der Waals surface area (Å²) in [5.41, 5.74) is 9.32. The van der Waals surface area contributed by atoms with Crippen LogP contribution in [0.15, 0.2) is 53.0 Å². The lowest BCUT2D eigenvalue weighted by Gasteiger charge is -2.35. The predicted molar refractivity (Wildman–Crippen MR) is 89.2 cm³/mol. The molecule has 1 atom stereocenters. The maximum atomic E-state index is 5.78. The molecule has 0 bridgehead atoms.